The molecule has 1 aliphatic heterocycles. The maximum atomic E-state index is 12.4. The van der Waals surface area contributed by atoms with Gasteiger partial charge in [-0.1, -0.05) is 13.5 Å². The first-order chi connectivity index (χ1) is 5.61. The van der Waals surface area contributed by atoms with Crippen LogP contribution in [0.4, 0.5) is 4.39 Å². The number of piperidine rings is 1. The Hall–Kier alpha value is -0.860. The number of hydrogen-bond acceptors (Lipinski definition) is 1. The molecule has 0 aromatic heterocycles. The van der Waals surface area contributed by atoms with Gasteiger partial charge < -0.3 is 4.90 Å². The molecule has 1 atom stereocenters. The molecule has 1 rings (SSSR count). The van der Waals surface area contributed by atoms with E-state index in [9.17, 15) is 9.18 Å². The van der Waals surface area contributed by atoms with E-state index in [1.165, 1.54) is 4.90 Å². The molecule has 1 amide bonds. The van der Waals surface area contributed by atoms with Crippen LogP contribution in [0.15, 0.2) is 12.4 Å². The van der Waals surface area contributed by atoms with E-state index in [4.69, 9.17) is 0 Å². The van der Waals surface area contributed by atoms with E-state index < -0.39 is 11.7 Å². The molecular weight excluding hydrogens is 157 g/mol. The van der Waals surface area contributed by atoms with Gasteiger partial charge in [0.1, 0.15) is 0 Å². The van der Waals surface area contributed by atoms with E-state index in [0.29, 0.717) is 19.0 Å². The van der Waals surface area contributed by atoms with Gasteiger partial charge in [0.15, 0.2) is 5.83 Å². The number of amides is 1. The molecule has 0 spiro atoms. The summed E-state index contributed by atoms with van der Waals surface area (Å²) in [6, 6.07) is 0. The molecule has 1 aliphatic rings. The first-order valence-corrected chi connectivity index (χ1v) is 4.25. The predicted molar refractivity (Wildman–Crippen MR) is 45.2 cm³/mol. The van der Waals surface area contributed by atoms with Crippen LogP contribution in [-0.4, -0.2) is 23.9 Å². The van der Waals surface area contributed by atoms with Gasteiger partial charge in [-0.05, 0) is 18.8 Å². The van der Waals surface area contributed by atoms with Crippen molar-refractivity contribution in [2.24, 2.45) is 5.92 Å². The summed E-state index contributed by atoms with van der Waals surface area (Å²) in [5.74, 6) is -0.896. The summed E-state index contributed by atoms with van der Waals surface area (Å²) in [5.41, 5.74) is 0. The Morgan fingerprint density at radius 2 is 2.33 bits per heavy atom. The summed E-state index contributed by atoms with van der Waals surface area (Å²) in [6.45, 7) is 6.41. The fourth-order valence-electron chi connectivity index (χ4n) is 1.55. The quantitative estimate of drug-likeness (QED) is 0.550. The Bertz CT molecular complexity index is 203. The topological polar surface area (TPSA) is 20.3 Å². The highest BCUT2D eigenvalue weighted by molar-refractivity contribution is 5.90. The van der Waals surface area contributed by atoms with E-state index in [2.05, 4.69) is 13.5 Å². The molecular formula is C9H14FNO. The summed E-state index contributed by atoms with van der Waals surface area (Å²) in [5, 5.41) is 0. The van der Waals surface area contributed by atoms with Gasteiger partial charge in [0.25, 0.3) is 5.91 Å². The minimum absolute atomic E-state index is 0.488. The maximum absolute atomic E-state index is 12.4. The lowest BCUT2D eigenvalue weighted by Gasteiger charge is -2.30. The first-order valence-electron chi connectivity index (χ1n) is 4.25. The molecule has 12 heavy (non-hydrogen) atoms. The Morgan fingerprint density at radius 1 is 1.67 bits per heavy atom. The lowest BCUT2D eigenvalue weighted by molar-refractivity contribution is -0.130. The van der Waals surface area contributed by atoms with Crippen LogP contribution in [0.3, 0.4) is 0 Å². The lowest BCUT2D eigenvalue weighted by Crippen LogP contribution is -2.39. The highest BCUT2D eigenvalue weighted by Crippen LogP contribution is 2.16. The molecule has 1 heterocycles. The van der Waals surface area contributed by atoms with Crippen LogP contribution in [0.2, 0.25) is 0 Å². The Kier molecular flexibility index (Phi) is 2.84. The maximum Gasteiger partial charge on any atom is 0.281 e. The lowest BCUT2D eigenvalue weighted by atomic mass is 10.0. The molecule has 0 bridgehead atoms. The largest absolute Gasteiger partial charge is 0.336 e. The van der Waals surface area contributed by atoms with Gasteiger partial charge in [0, 0.05) is 13.1 Å². The zero-order valence-electron chi connectivity index (χ0n) is 7.35. The second-order valence-electron chi connectivity index (χ2n) is 3.40. The van der Waals surface area contributed by atoms with Gasteiger partial charge >= 0.3 is 0 Å². The summed E-state index contributed by atoms with van der Waals surface area (Å²) in [7, 11) is 0. The zero-order chi connectivity index (χ0) is 9.14. The standard InChI is InChI=1S/C9H14FNO/c1-7-4-3-5-11(6-7)9(12)8(2)10/h7H,2-6H2,1H3. The van der Waals surface area contributed by atoms with Crippen LogP contribution in [0, 0.1) is 5.92 Å². The molecule has 0 saturated carbocycles. The Morgan fingerprint density at radius 3 is 2.83 bits per heavy atom. The molecule has 0 aromatic rings. The normalized spacial score (nSPS) is 23.8. The molecule has 0 aliphatic carbocycles. The van der Waals surface area contributed by atoms with Crippen molar-refractivity contribution in [3.63, 3.8) is 0 Å². The van der Waals surface area contributed by atoms with Crippen LogP contribution in [-0.2, 0) is 4.79 Å². The third-order valence-electron chi connectivity index (χ3n) is 2.18. The number of carbonyl (C=O) groups excluding carboxylic acids is 1. The van der Waals surface area contributed by atoms with Crippen molar-refractivity contribution in [3.05, 3.63) is 12.4 Å². The van der Waals surface area contributed by atoms with Gasteiger partial charge in [0.05, 0.1) is 0 Å². The van der Waals surface area contributed by atoms with Crippen LogP contribution in [0.1, 0.15) is 19.8 Å². The Labute approximate surface area is 72.1 Å². The van der Waals surface area contributed by atoms with E-state index in [1.54, 1.807) is 0 Å². The summed E-state index contributed by atoms with van der Waals surface area (Å²) in [4.78, 5) is 12.6. The van der Waals surface area contributed by atoms with Gasteiger partial charge in [-0.15, -0.1) is 0 Å². The first kappa shape index (κ1) is 9.23. The van der Waals surface area contributed by atoms with Crippen molar-refractivity contribution in [1.82, 2.24) is 4.90 Å². The van der Waals surface area contributed by atoms with E-state index in [1.807, 2.05) is 0 Å². The van der Waals surface area contributed by atoms with Crippen molar-refractivity contribution in [3.8, 4) is 0 Å². The number of nitrogens with zero attached hydrogens (tertiary/aromatic N) is 1. The number of rotatable bonds is 1. The smallest absolute Gasteiger partial charge is 0.281 e. The van der Waals surface area contributed by atoms with E-state index >= 15 is 0 Å². The van der Waals surface area contributed by atoms with Crippen LogP contribution >= 0.6 is 0 Å². The fraction of sp³-hybridized carbons (Fsp3) is 0.667. The molecule has 1 saturated heterocycles. The van der Waals surface area contributed by atoms with Crippen molar-refractivity contribution >= 4 is 5.91 Å². The zero-order valence-corrected chi connectivity index (χ0v) is 7.35. The number of likely N-dealkylation sites (tertiary alicyclic amines) is 1. The van der Waals surface area contributed by atoms with Gasteiger partial charge in [0.2, 0.25) is 0 Å². The van der Waals surface area contributed by atoms with Crippen molar-refractivity contribution in [2.45, 2.75) is 19.8 Å². The van der Waals surface area contributed by atoms with E-state index in [-0.39, 0.29) is 0 Å². The molecule has 0 radical (unpaired) electrons. The SMILES string of the molecule is C=C(F)C(=O)N1CCCC(C)C1. The van der Waals surface area contributed by atoms with Crippen LogP contribution in [0.5, 0.6) is 0 Å². The molecule has 1 fully saturated rings. The van der Waals surface area contributed by atoms with Crippen LogP contribution in [0.25, 0.3) is 0 Å². The number of carbonyl (C=O) groups is 1. The van der Waals surface area contributed by atoms with E-state index in [0.717, 1.165) is 12.8 Å². The summed E-state index contributed by atoms with van der Waals surface area (Å²) < 4.78 is 12.4. The second-order valence-corrected chi connectivity index (χ2v) is 3.40. The third-order valence-corrected chi connectivity index (χ3v) is 2.18. The monoisotopic (exact) mass is 171 g/mol. The summed E-state index contributed by atoms with van der Waals surface area (Å²) in [6.07, 6.45) is 2.10. The van der Waals surface area contributed by atoms with Crippen LogP contribution < -0.4 is 0 Å². The fourth-order valence-corrected chi connectivity index (χ4v) is 1.55. The highest BCUT2D eigenvalue weighted by atomic mass is 19.1. The molecule has 1 unspecified atom stereocenters. The van der Waals surface area contributed by atoms with Crippen molar-refractivity contribution < 1.29 is 9.18 Å². The average Bonchev–Trinajstić information content (AvgIpc) is 2.03. The highest BCUT2D eigenvalue weighted by Gasteiger charge is 2.22. The second kappa shape index (κ2) is 3.70. The van der Waals surface area contributed by atoms with Gasteiger partial charge in [-0.2, -0.15) is 0 Å². The molecule has 0 N–H and O–H groups in total. The third kappa shape index (κ3) is 2.06. The molecule has 3 heteroatoms. The Balaban J connectivity index is 2.51. The molecule has 2 nitrogen and oxygen atoms in total. The number of hydrogen-bond donors (Lipinski definition) is 0. The summed E-state index contributed by atoms with van der Waals surface area (Å²) >= 11 is 0. The van der Waals surface area contributed by atoms with Gasteiger partial charge in [-0.3, -0.25) is 4.79 Å². The molecule has 68 valence electrons. The average molecular weight is 171 g/mol. The minimum atomic E-state index is -0.843. The van der Waals surface area contributed by atoms with Crippen molar-refractivity contribution in [2.75, 3.05) is 13.1 Å². The minimum Gasteiger partial charge on any atom is -0.336 e. The number of halogens is 1. The van der Waals surface area contributed by atoms with Crippen molar-refractivity contribution in [1.29, 1.82) is 0 Å². The predicted octanol–water partition coefficient (Wildman–Crippen LogP) is 1.73. The van der Waals surface area contributed by atoms with Gasteiger partial charge in [-0.25, -0.2) is 4.39 Å². The molecule has 0 aromatic carbocycles.